The minimum absolute atomic E-state index is 0.226. The molecule has 0 aliphatic rings. The fraction of sp³-hybridized carbons (Fsp3) is 0.222. The second-order valence-electron chi connectivity index (χ2n) is 5.09. The zero-order chi connectivity index (χ0) is 18.2. The fourth-order valence-corrected chi connectivity index (χ4v) is 2.17. The number of nitrogens with zero attached hydrogens (tertiary/aromatic N) is 1. The second-order valence-corrected chi connectivity index (χ2v) is 5.50. The van der Waals surface area contributed by atoms with E-state index in [4.69, 9.17) is 21.2 Å². The highest BCUT2D eigenvalue weighted by molar-refractivity contribution is 6.31. The quantitative estimate of drug-likeness (QED) is 0.622. The second kappa shape index (κ2) is 8.94. The smallest absolute Gasteiger partial charge is 0.407 e. The molecule has 0 aromatic heterocycles. The molecular formula is C18H19ClN2O4. The molecule has 1 N–H and O–H groups in total. The maximum Gasteiger partial charge on any atom is 0.407 e. The molecule has 0 unspecified atom stereocenters. The summed E-state index contributed by atoms with van der Waals surface area (Å²) in [7, 11) is 2.92. The van der Waals surface area contributed by atoms with Gasteiger partial charge in [-0.3, -0.25) is 0 Å². The molecule has 6 nitrogen and oxygen atoms in total. The first kappa shape index (κ1) is 18.6. The Kier molecular flexibility index (Phi) is 6.65. The van der Waals surface area contributed by atoms with Crippen molar-refractivity contribution in [3.63, 3.8) is 0 Å². The number of carbonyl (C=O) groups is 1. The van der Waals surface area contributed by atoms with Gasteiger partial charge in [-0.2, -0.15) is 0 Å². The molecule has 1 amide bonds. The van der Waals surface area contributed by atoms with Crippen LogP contribution in [0.2, 0.25) is 5.02 Å². The van der Waals surface area contributed by atoms with E-state index in [1.807, 2.05) is 31.2 Å². The van der Waals surface area contributed by atoms with Crippen LogP contribution in [-0.2, 0) is 11.3 Å². The SMILES string of the molecule is COC(=O)NCc1cc(O/N=C(\C)c2ccc(OC)cc2)ccc1Cl. The number of oxime groups is 1. The van der Waals surface area contributed by atoms with Crippen LogP contribution in [0.1, 0.15) is 18.1 Å². The van der Waals surface area contributed by atoms with E-state index >= 15 is 0 Å². The van der Waals surface area contributed by atoms with E-state index in [0.29, 0.717) is 22.0 Å². The molecule has 0 saturated carbocycles. The van der Waals surface area contributed by atoms with E-state index in [1.165, 1.54) is 7.11 Å². The summed E-state index contributed by atoms with van der Waals surface area (Å²) >= 11 is 6.11. The van der Waals surface area contributed by atoms with Crippen molar-refractivity contribution in [1.82, 2.24) is 5.32 Å². The van der Waals surface area contributed by atoms with Crippen LogP contribution >= 0.6 is 11.6 Å². The highest BCUT2D eigenvalue weighted by Gasteiger charge is 2.06. The van der Waals surface area contributed by atoms with Crippen molar-refractivity contribution in [1.29, 1.82) is 0 Å². The molecule has 0 fully saturated rings. The molecule has 0 bridgehead atoms. The predicted octanol–water partition coefficient (Wildman–Crippen LogP) is 4.01. The minimum atomic E-state index is -0.532. The van der Waals surface area contributed by atoms with Crippen molar-refractivity contribution < 1.29 is 19.1 Å². The van der Waals surface area contributed by atoms with Gasteiger partial charge in [0.25, 0.3) is 0 Å². The van der Waals surface area contributed by atoms with Crippen molar-refractivity contribution in [2.24, 2.45) is 5.16 Å². The minimum Gasteiger partial charge on any atom is -0.497 e. The number of nitrogens with one attached hydrogen (secondary N) is 1. The number of benzene rings is 2. The van der Waals surface area contributed by atoms with Crippen molar-refractivity contribution in [2.45, 2.75) is 13.5 Å². The first-order valence-electron chi connectivity index (χ1n) is 7.49. The van der Waals surface area contributed by atoms with E-state index < -0.39 is 6.09 Å². The van der Waals surface area contributed by atoms with Crippen LogP contribution in [-0.4, -0.2) is 26.0 Å². The molecule has 25 heavy (non-hydrogen) atoms. The van der Waals surface area contributed by atoms with Gasteiger partial charge in [0.15, 0.2) is 5.75 Å². The van der Waals surface area contributed by atoms with Gasteiger partial charge in [0.1, 0.15) is 5.75 Å². The average molecular weight is 363 g/mol. The Morgan fingerprint density at radius 2 is 1.80 bits per heavy atom. The third kappa shape index (κ3) is 5.39. The van der Waals surface area contributed by atoms with Crippen LogP contribution < -0.4 is 14.9 Å². The lowest BCUT2D eigenvalue weighted by Crippen LogP contribution is -2.22. The van der Waals surface area contributed by atoms with Crippen LogP contribution in [0.25, 0.3) is 0 Å². The lowest BCUT2D eigenvalue weighted by molar-refractivity contribution is 0.170. The number of hydrogen-bond donors (Lipinski definition) is 1. The molecule has 7 heteroatoms. The molecule has 0 aliphatic carbocycles. The molecule has 2 aromatic carbocycles. The molecule has 0 spiro atoms. The third-order valence-electron chi connectivity index (χ3n) is 3.42. The first-order valence-corrected chi connectivity index (χ1v) is 7.87. The zero-order valence-corrected chi connectivity index (χ0v) is 15.0. The summed E-state index contributed by atoms with van der Waals surface area (Å²) in [5, 5.41) is 7.21. The molecule has 0 radical (unpaired) electrons. The number of hydrogen-bond acceptors (Lipinski definition) is 5. The summed E-state index contributed by atoms with van der Waals surface area (Å²) in [4.78, 5) is 16.6. The molecular weight excluding hydrogens is 344 g/mol. The third-order valence-corrected chi connectivity index (χ3v) is 3.79. The van der Waals surface area contributed by atoms with Crippen LogP contribution in [0.4, 0.5) is 4.79 Å². The molecule has 2 rings (SSSR count). The highest BCUT2D eigenvalue weighted by atomic mass is 35.5. The molecule has 0 atom stereocenters. The Morgan fingerprint density at radius 1 is 1.12 bits per heavy atom. The number of amides is 1. The standard InChI is InChI=1S/C18H19ClN2O4/c1-12(13-4-6-15(23-2)7-5-13)21-25-16-8-9-17(19)14(10-16)11-20-18(22)24-3/h4-10H,11H2,1-3H3,(H,20,22)/b21-12+. The fourth-order valence-electron chi connectivity index (χ4n) is 1.99. The Labute approximate surface area is 151 Å². The van der Waals surface area contributed by atoms with Gasteiger partial charge in [0.05, 0.1) is 19.9 Å². The summed E-state index contributed by atoms with van der Waals surface area (Å²) < 4.78 is 9.66. The number of carbonyl (C=O) groups excluding carboxylic acids is 1. The summed E-state index contributed by atoms with van der Waals surface area (Å²) in [5.41, 5.74) is 2.33. The van der Waals surface area contributed by atoms with E-state index in [1.54, 1.807) is 25.3 Å². The molecule has 132 valence electrons. The number of halogens is 1. The maximum atomic E-state index is 11.2. The van der Waals surface area contributed by atoms with Crippen LogP contribution in [0, 0.1) is 0 Å². The van der Waals surface area contributed by atoms with E-state index in [9.17, 15) is 4.79 Å². The van der Waals surface area contributed by atoms with Gasteiger partial charge in [-0.1, -0.05) is 16.8 Å². The van der Waals surface area contributed by atoms with Crippen molar-refractivity contribution >= 4 is 23.4 Å². The molecule has 0 saturated heterocycles. The van der Waals surface area contributed by atoms with Gasteiger partial charge >= 0.3 is 6.09 Å². The van der Waals surface area contributed by atoms with E-state index in [0.717, 1.165) is 11.3 Å². The van der Waals surface area contributed by atoms with Crippen LogP contribution in [0.5, 0.6) is 11.5 Å². The van der Waals surface area contributed by atoms with Crippen LogP contribution in [0.15, 0.2) is 47.6 Å². The van der Waals surface area contributed by atoms with Gasteiger partial charge in [-0.25, -0.2) is 4.79 Å². The summed E-state index contributed by atoms with van der Waals surface area (Å²) in [5.74, 6) is 1.29. The topological polar surface area (TPSA) is 69.2 Å². The number of rotatable bonds is 6. The predicted molar refractivity (Wildman–Crippen MR) is 96.5 cm³/mol. The van der Waals surface area contributed by atoms with Crippen molar-refractivity contribution in [2.75, 3.05) is 14.2 Å². The molecule has 0 heterocycles. The van der Waals surface area contributed by atoms with E-state index in [2.05, 4.69) is 15.2 Å². The van der Waals surface area contributed by atoms with Gasteiger partial charge < -0.3 is 19.6 Å². The lowest BCUT2D eigenvalue weighted by Gasteiger charge is -2.08. The van der Waals surface area contributed by atoms with Gasteiger partial charge in [0.2, 0.25) is 0 Å². The van der Waals surface area contributed by atoms with Gasteiger partial charge in [-0.15, -0.1) is 0 Å². The number of methoxy groups -OCH3 is 2. The number of ether oxygens (including phenoxy) is 2. The molecule has 2 aromatic rings. The Morgan fingerprint density at radius 3 is 2.44 bits per heavy atom. The Balaban J connectivity index is 2.07. The summed E-state index contributed by atoms with van der Waals surface area (Å²) in [6.45, 7) is 2.07. The summed E-state index contributed by atoms with van der Waals surface area (Å²) in [6, 6.07) is 12.6. The number of alkyl carbamates (subject to hydrolysis) is 1. The van der Waals surface area contributed by atoms with Crippen molar-refractivity contribution in [3.05, 3.63) is 58.6 Å². The largest absolute Gasteiger partial charge is 0.497 e. The van der Waals surface area contributed by atoms with Crippen LogP contribution in [0.3, 0.4) is 0 Å². The van der Waals surface area contributed by atoms with Gasteiger partial charge in [-0.05, 0) is 60.5 Å². The van der Waals surface area contributed by atoms with Gasteiger partial charge in [0, 0.05) is 11.6 Å². The summed E-state index contributed by atoms with van der Waals surface area (Å²) in [6.07, 6.45) is -0.532. The molecule has 0 aliphatic heterocycles. The normalized spacial score (nSPS) is 11.0. The average Bonchev–Trinajstić information content (AvgIpc) is 2.65. The zero-order valence-electron chi connectivity index (χ0n) is 14.2. The Hall–Kier alpha value is -2.73. The maximum absolute atomic E-state index is 11.2. The first-order chi connectivity index (χ1) is 12.0. The Bertz CT molecular complexity index is 760. The monoisotopic (exact) mass is 362 g/mol. The lowest BCUT2D eigenvalue weighted by atomic mass is 10.1. The van der Waals surface area contributed by atoms with E-state index in [-0.39, 0.29) is 6.54 Å². The highest BCUT2D eigenvalue weighted by Crippen LogP contribution is 2.22. The van der Waals surface area contributed by atoms with Crippen molar-refractivity contribution in [3.8, 4) is 11.5 Å².